The van der Waals surface area contributed by atoms with Crippen molar-refractivity contribution in [2.24, 2.45) is 0 Å². The van der Waals surface area contributed by atoms with Gasteiger partial charge in [0.05, 0.1) is 18.1 Å². The number of rotatable bonds is 3. The third-order valence-electron chi connectivity index (χ3n) is 3.81. The summed E-state index contributed by atoms with van der Waals surface area (Å²) in [5.74, 6) is 0. The van der Waals surface area contributed by atoms with Crippen molar-refractivity contribution in [2.45, 2.75) is 18.1 Å². The van der Waals surface area contributed by atoms with Crippen molar-refractivity contribution in [3.8, 4) is 0 Å². The zero-order valence-electron chi connectivity index (χ0n) is 11.7. The fraction of sp³-hybridized carbons (Fsp3) is 0.125. The van der Waals surface area contributed by atoms with Gasteiger partial charge in [-0.1, -0.05) is 6.07 Å². The van der Waals surface area contributed by atoms with E-state index in [0.29, 0.717) is 18.9 Å². The summed E-state index contributed by atoms with van der Waals surface area (Å²) in [5, 5.41) is 0.961. The third-order valence-corrected chi connectivity index (χ3v) is 5.19. The summed E-state index contributed by atoms with van der Waals surface area (Å²) < 4.78 is 33.0. The van der Waals surface area contributed by atoms with Crippen LogP contribution in [0.2, 0.25) is 0 Å². The van der Waals surface area contributed by atoms with E-state index in [1.165, 1.54) is 0 Å². The number of sulfonamides is 1. The zero-order valence-corrected chi connectivity index (χ0v) is 12.5. The van der Waals surface area contributed by atoms with Crippen molar-refractivity contribution in [2.75, 3.05) is 4.72 Å². The number of benzene rings is 2. The summed E-state index contributed by atoms with van der Waals surface area (Å²) in [6.07, 6.45) is 1.82. The molecule has 0 unspecified atom stereocenters. The molecule has 1 aliphatic rings. The molecular formula is C16H14N2O3S. The number of H-pyrrole nitrogens is 1. The third kappa shape index (κ3) is 2.26. The van der Waals surface area contributed by atoms with E-state index in [0.717, 1.165) is 22.0 Å². The maximum atomic E-state index is 12.5. The molecule has 0 saturated carbocycles. The van der Waals surface area contributed by atoms with Gasteiger partial charge in [-0.3, -0.25) is 4.72 Å². The van der Waals surface area contributed by atoms with Gasteiger partial charge in [0.25, 0.3) is 10.0 Å². The quantitative estimate of drug-likeness (QED) is 0.780. The van der Waals surface area contributed by atoms with Crippen LogP contribution < -0.4 is 4.72 Å². The molecule has 0 aliphatic carbocycles. The monoisotopic (exact) mass is 314 g/mol. The number of fused-ring (bicyclic) bond motifs is 2. The van der Waals surface area contributed by atoms with Gasteiger partial charge in [-0.15, -0.1) is 0 Å². The number of anilines is 1. The summed E-state index contributed by atoms with van der Waals surface area (Å²) in [6.45, 7) is 1.02. The van der Waals surface area contributed by atoms with Gasteiger partial charge in [-0.25, -0.2) is 8.42 Å². The number of hydrogen-bond acceptors (Lipinski definition) is 3. The van der Waals surface area contributed by atoms with Crippen molar-refractivity contribution >= 4 is 26.6 Å². The van der Waals surface area contributed by atoms with Crippen LogP contribution in [0.15, 0.2) is 53.6 Å². The topological polar surface area (TPSA) is 71.2 Å². The van der Waals surface area contributed by atoms with Crippen LogP contribution in [0.1, 0.15) is 11.1 Å². The summed E-state index contributed by atoms with van der Waals surface area (Å²) in [6, 6.07) is 12.4. The molecule has 6 heteroatoms. The second-order valence-electron chi connectivity index (χ2n) is 5.31. The Labute approximate surface area is 128 Å². The van der Waals surface area contributed by atoms with Gasteiger partial charge in [0.15, 0.2) is 0 Å². The van der Waals surface area contributed by atoms with Crippen molar-refractivity contribution in [3.63, 3.8) is 0 Å². The summed E-state index contributed by atoms with van der Waals surface area (Å²) in [5.41, 5.74) is 3.50. The van der Waals surface area contributed by atoms with E-state index < -0.39 is 10.0 Å². The van der Waals surface area contributed by atoms with Crippen LogP contribution in [0.25, 0.3) is 10.9 Å². The molecule has 0 saturated heterocycles. The average Bonchev–Trinajstić information content (AvgIpc) is 3.14. The Morgan fingerprint density at radius 3 is 2.77 bits per heavy atom. The fourth-order valence-corrected chi connectivity index (χ4v) is 3.75. The highest BCUT2D eigenvalue weighted by molar-refractivity contribution is 7.92. The van der Waals surface area contributed by atoms with Gasteiger partial charge >= 0.3 is 0 Å². The second-order valence-corrected chi connectivity index (χ2v) is 6.99. The molecule has 5 nitrogen and oxygen atoms in total. The van der Waals surface area contributed by atoms with Gasteiger partial charge in [-0.2, -0.15) is 0 Å². The number of nitrogens with one attached hydrogen (secondary N) is 2. The molecule has 3 aromatic rings. The Morgan fingerprint density at radius 1 is 1.00 bits per heavy atom. The van der Waals surface area contributed by atoms with E-state index >= 15 is 0 Å². The molecule has 4 rings (SSSR count). The first-order valence-electron chi connectivity index (χ1n) is 6.91. The smallest absolute Gasteiger partial charge is 0.261 e. The van der Waals surface area contributed by atoms with Gasteiger partial charge in [0, 0.05) is 22.8 Å². The van der Waals surface area contributed by atoms with Crippen molar-refractivity contribution < 1.29 is 13.2 Å². The highest BCUT2D eigenvalue weighted by Gasteiger charge is 2.19. The maximum absolute atomic E-state index is 12.5. The molecule has 1 aliphatic heterocycles. The first-order valence-corrected chi connectivity index (χ1v) is 8.40. The predicted octanol–water partition coefficient (Wildman–Crippen LogP) is 3.00. The molecule has 112 valence electrons. The Bertz CT molecular complexity index is 960. The molecule has 0 bridgehead atoms. The first kappa shape index (κ1) is 13.4. The lowest BCUT2D eigenvalue weighted by Crippen LogP contribution is -2.13. The van der Waals surface area contributed by atoms with Crippen LogP contribution in [0.3, 0.4) is 0 Å². The zero-order chi connectivity index (χ0) is 15.2. The second kappa shape index (κ2) is 4.86. The summed E-state index contributed by atoms with van der Waals surface area (Å²) >= 11 is 0. The van der Waals surface area contributed by atoms with Crippen LogP contribution >= 0.6 is 0 Å². The van der Waals surface area contributed by atoms with E-state index in [1.54, 1.807) is 24.3 Å². The van der Waals surface area contributed by atoms with Crippen molar-refractivity contribution in [3.05, 3.63) is 59.8 Å². The van der Waals surface area contributed by atoms with Gasteiger partial charge in [0.1, 0.15) is 0 Å². The van der Waals surface area contributed by atoms with Gasteiger partial charge in [0.2, 0.25) is 0 Å². The number of ether oxygens (including phenoxy) is 1. The molecule has 1 aromatic heterocycles. The molecule has 2 N–H and O–H groups in total. The molecule has 2 aromatic carbocycles. The molecule has 0 spiro atoms. The van der Waals surface area contributed by atoms with E-state index in [1.807, 2.05) is 24.4 Å². The van der Waals surface area contributed by atoms with Crippen LogP contribution in [-0.4, -0.2) is 13.4 Å². The Hall–Kier alpha value is -2.31. The average molecular weight is 314 g/mol. The Morgan fingerprint density at radius 2 is 1.86 bits per heavy atom. The SMILES string of the molecule is O=S(=O)(Nc1ccc2[nH]ccc2c1)c1ccc2c(c1)COC2. The normalized spacial score (nSPS) is 14.2. The minimum absolute atomic E-state index is 0.255. The van der Waals surface area contributed by atoms with Gasteiger partial charge in [-0.05, 0) is 47.5 Å². The standard InChI is InChI=1S/C16H14N2O3S/c19-22(20,15-3-1-12-9-21-10-13(12)8-15)18-14-2-4-16-11(7-14)5-6-17-16/h1-8,17-18H,9-10H2. The van der Waals surface area contributed by atoms with Crippen molar-refractivity contribution in [1.82, 2.24) is 4.98 Å². The Kier molecular flexibility index (Phi) is 2.95. The van der Waals surface area contributed by atoms with Crippen molar-refractivity contribution in [1.29, 1.82) is 0 Å². The summed E-state index contributed by atoms with van der Waals surface area (Å²) in [7, 11) is -3.60. The lowest BCUT2D eigenvalue weighted by Gasteiger charge is -2.09. The highest BCUT2D eigenvalue weighted by atomic mass is 32.2. The molecule has 22 heavy (non-hydrogen) atoms. The van der Waals surface area contributed by atoms with Gasteiger partial charge < -0.3 is 9.72 Å². The van der Waals surface area contributed by atoms with E-state index in [9.17, 15) is 8.42 Å². The van der Waals surface area contributed by atoms with Crippen LogP contribution in [0, 0.1) is 0 Å². The number of aromatic nitrogens is 1. The minimum Gasteiger partial charge on any atom is -0.372 e. The summed E-state index contributed by atoms with van der Waals surface area (Å²) in [4.78, 5) is 3.33. The largest absolute Gasteiger partial charge is 0.372 e. The van der Waals surface area contributed by atoms with E-state index in [-0.39, 0.29) is 4.90 Å². The highest BCUT2D eigenvalue weighted by Crippen LogP contribution is 2.25. The van der Waals surface area contributed by atoms with Crippen LogP contribution in [0.5, 0.6) is 0 Å². The fourth-order valence-electron chi connectivity index (χ4n) is 2.65. The maximum Gasteiger partial charge on any atom is 0.261 e. The first-order chi connectivity index (χ1) is 10.6. The number of aromatic amines is 1. The van der Waals surface area contributed by atoms with E-state index in [4.69, 9.17) is 4.74 Å². The molecule has 0 radical (unpaired) electrons. The van der Waals surface area contributed by atoms with Crippen LogP contribution in [-0.2, 0) is 28.0 Å². The number of hydrogen-bond donors (Lipinski definition) is 2. The Balaban J connectivity index is 1.68. The molecule has 2 heterocycles. The van der Waals surface area contributed by atoms with E-state index in [2.05, 4.69) is 9.71 Å². The lowest BCUT2D eigenvalue weighted by atomic mass is 10.1. The molecule has 0 amide bonds. The lowest BCUT2D eigenvalue weighted by molar-refractivity contribution is 0.134. The minimum atomic E-state index is -3.60. The molecular weight excluding hydrogens is 300 g/mol. The predicted molar refractivity (Wildman–Crippen MR) is 84.0 cm³/mol. The molecule has 0 fully saturated rings. The molecule has 0 atom stereocenters. The van der Waals surface area contributed by atoms with Crippen LogP contribution in [0.4, 0.5) is 5.69 Å².